The topological polar surface area (TPSA) is 29.3 Å². The molecule has 3 heteroatoms. The van der Waals surface area contributed by atoms with Gasteiger partial charge in [-0.3, -0.25) is 0 Å². The van der Waals surface area contributed by atoms with Gasteiger partial charge in [-0.15, -0.1) is 0 Å². The fourth-order valence-corrected chi connectivity index (χ4v) is 2.21. The van der Waals surface area contributed by atoms with Gasteiger partial charge in [0.15, 0.2) is 0 Å². The zero-order valence-electron chi connectivity index (χ0n) is 12.0. The molecule has 0 saturated heterocycles. The molecule has 2 aromatic rings. The van der Waals surface area contributed by atoms with Crippen molar-refractivity contribution >= 4 is 5.52 Å². The maximum atomic E-state index is 4.82. The monoisotopic (exact) mass is 245 g/mol. The van der Waals surface area contributed by atoms with Crippen LogP contribution >= 0.6 is 0 Å². The normalized spacial score (nSPS) is 11.9. The molecule has 2 heterocycles. The highest BCUT2D eigenvalue weighted by Crippen LogP contribution is 2.21. The molecule has 0 saturated carbocycles. The standard InChI is InChI=1S/C15H23N3/c1-10(2)15-17-13(9-16-11(3)4)14-8-6-7-12(5)18(14)15/h6-8,10-11,16H,9H2,1-5H3. The highest BCUT2D eigenvalue weighted by molar-refractivity contribution is 5.54. The van der Waals surface area contributed by atoms with Crippen molar-refractivity contribution in [2.75, 3.05) is 0 Å². The van der Waals surface area contributed by atoms with Gasteiger partial charge in [0.1, 0.15) is 5.82 Å². The molecule has 2 rings (SSSR count). The van der Waals surface area contributed by atoms with Gasteiger partial charge in [0.05, 0.1) is 11.2 Å². The Bertz CT molecular complexity index is 538. The van der Waals surface area contributed by atoms with Crippen molar-refractivity contribution in [1.29, 1.82) is 0 Å². The third-order valence-corrected chi connectivity index (χ3v) is 3.15. The molecule has 0 aliphatic heterocycles. The summed E-state index contributed by atoms with van der Waals surface area (Å²) in [7, 11) is 0. The third-order valence-electron chi connectivity index (χ3n) is 3.15. The van der Waals surface area contributed by atoms with Crippen LogP contribution in [0.1, 0.15) is 50.8 Å². The van der Waals surface area contributed by atoms with E-state index < -0.39 is 0 Å². The maximum Gasteiger partial charge on any atom is 0.116 e. The predicted octanol–water partition coefficient (Wildman–Crippen LogP) is 3.26. The second kappa shape index (κ2) is 5.11. The lowest BCUT2D eigenvalue weighted by Crippen LogP contribution is -2.22. The number of nitrogens with one attached hydrogen (secondary N) is 1. The maximum absolute atomic E-state index is 4.82. The van der Waals surface area contributed by atoms with Crippen molar-refractivity contribution < 1.29 is 0 Å². The molecule has 0 bridgehead atoms. The van der Waals surface area contributed by atoms with Crippen molar-refractivity contribution in [3.63, 3.8) is 0 Å². The minimum atomic E-state index is 0.436. The van der Waals surface area contributed by atoms with Gasteiger partial charge in [-0.25, -0.2) is 4.98 Å². The van der Waals surface area contributed by atoms with Gasteiger partial charge in [-0.2, -0.15) is 0 Å². The van der Waals surface area contributed by atoms with E-state index in [1.54, 1.807) is 0 Å². The molecule has 98 valence electrons. The summed E-state index contributed by atoms with van der Waals surface area (Å²) in [5, 5.41) is 3.45. The van der Waals surface area contributed by atoms with E-state index in [2.05, 4.69) is 62.5 Å². The van der Waals surface area contributed by atoms with Crippen LogP contribution in [0.5, 0.6) is 0 Å². The Morgan fingerprint density at radius 2 is 1.94 bits per heavy atom. The Balaban J connectivity index is 2.51. The number of hydrogen-bond donors (Lipinski definition) is 1. The first-order valence-corrected chi connectivity index (χ1v) is 6.71. The summed E-state index contributed by atoms with van der Waals surface area (Å²) < 4.78 is 2.28. The van der Waals surface area contributed by atoms with Crippen LogP contribution in [-0.2, 0) is 6.54 Å². The lowest BCUT2D eigenvalue weighted by Gasteiger charge is -2.07. The van der Waals surface area contributed by atoms with E-state index in [0.29, 0.717) is 12.0 Å². The molecule has 0 atom stereocenters. The SMILES string of the molecule is Cc1cccc2c(CNC(C)C)nc(C(C)C)n12. The van der Waals surface area contributed by atoms with E-state index in [1.165, 1.54) is 11.2 Å². The van der Waals surface area contributed by atoms with E-state index in [4.69, 9.17) is 4.98 Å². The molecular weight excluding hydrogens is 222 g/mol. The molecule has 1 N–H and O–H groups in total. The molecule has 2 aromatic heterocycles. The van der Waals surface area contributed by atoms with E-state index in [1.807, 2.05) is 0 Å². The number of aromatic nitrogens is 2. The molecule has 0 radical (unpaired) electrons. The molecule has 0 aliphatic rings. The van der Waals surface area contributed by atoms with E-state index >= 15 is 0 Å². The average Bonchev–Trinajstić information content (AvgIpc) is 2.67. The van der Waals surface area contributed by atoms with Crippen LogP contribution in [0, 0.1) is 6.92 Å². The first-order chi connectivity index (χ1) is 8.50. The van der Waals surface area contributed by atoms with Gasteiger partial charge in [-0.1, -0.05) is 33.8 Å². The highest BCUT2D eigenvalue weighted by Gasteiger charge is 2.14. The van der Waals surface area contributed by atoms with Gasteiger partial charge in [0.25, 0.3) is 0 Å². The van der Waals surface area contributed by atoms with Crippen molar-refractivity contribution in [3.8, 4) is 0 Å². The number of aryl methyl sites for hydroxylation is 1. The average molecular weight is 245 g/mol. The van der Waals surface area contributed by atoms with Gasteiger partial charge in [0, 0.05) is 24.2 Å². The summed E-state index contributed by atoms with van der Waals surface area (Å²) in [6.07, 6.45) is 0. The van der Waals surface area contributed by atoms with Crippen molar-refractivity contribution in [1.82, 2.24) is 14.7 Å². The summed E-state index contributed by atoms with van der Waals surface area (Å²) >= 11 is 0. The molecular formula is C15H23N3. The molecule has 3 nitrogen and oxygen atoms in total. The smallest absolute Gasteiger partial charge is 0.116 e. The van der Waals surface area contributed by atoms with Crippen LogP contribution in [0.4, 0.5) is 0 Å². The van der Waals surface area contributed by atoms with Crippen LogP contribution in [0.25, 0.3) is 5.52 Å². The summed E-state index contributed by atoms with van der Waals surface area (Å²) in [4.78, 5) is 4.82. The second-order valence-electron chi connectivity index (χ2n) is 5.49. The predicted molar refractivity (Wildman–Crippen MR) is 76.0 cm³/mol. The zero-order chi connectivity index (χ0) is 13.3. The van der Waals surface area contributed by atoms with Gasteiger partial charge in [-0.05, 0) is 19.1 Å². The fraction of sp³-hybridized carbons (Fsp3) is 0.533. The number of pyridine rings is 1. The van der Waals surface area contributed by atoms with Gasteiger partial charge >= 0.3 is 0 Å². The van der Waals surface area contributed by atoms with E-state index in [0.717, 1.165) is 18.1 Å². The molecule has 0 amide bonds. The molecule has 0 aromatic carbocycles. The number of rotatable bonds is 4. The van der Waals surface area contributed by atoms with Crippen molar-refractivity contribution in [2.24, 2.45) is 0 Å². The van der Waals surface area contributed by atoms with Crippen LogP contribution < -0.4 is 5.32 Å². The van der Waals surface area contributed by atoms with Crippen LogP contribution in [0.2, 0.25) is 0 Å². The summed E-state index contributed by atoms with van der Waals surface area (Å²) in [6.45, 7) is 11.7. The largest absolute Gasteiger partial charge is 0.309 e. The number of hydrogen-bond acceptors (Lipinski definition) is 2. The first-order valence-electron chi connectivity index (χ1n) is 6.71. The van der Waals surface area contributed by atoms with Crippen LogP contribution in [0.15, 0.2) is 18.2 Å². The molecule has 18 heavy (non-hydrogen) atoms. The first kappa shape index (κ1) is 13.1. The van der Waals surface area contributed by atoms with Crippen molar-refractivity contribution in [3.05, 3.63) is 35.4 Å². The number of nitrogens with zero attached hydrogens (tertiary/aromatic N) is 2. The lowest BCUT2D eigenvalue weighted by molar-refractivity contribution is 0.583. The second-order valence-corrected chi connectivity index (χ2v) is 5.49. The zero-order valence-corrected chi connectivity index (χ0v) is 12.0. The molecule has 0 unspecified atom stereocenters. The van der Waals surface area contributed by atoms with E-state index in [-0.39, 0.29) is 0 Å². The van der Waals surface area contributed by atoms with Gasteiger partial charge in [0.2, 0.25) is 0 Å². The summed E-state index contributed by atoms with van der Waals surface area (Å²) in [6, 6.07) is 6.88. The third kappa shape index (κ3) is 2.41. The minimum Gasteiger partial charge on any atom is -0.309 e. The highest BCUT2D eigenvalue weighted by atomic mass is 15.1. The Kier molecular flexibility index (Phi) is 3.71. The Labute approximate surface area is 109 Å². The Hall–Kier alpha value is -1.35. The van der Waals surface area contributed by atoms with E-state index in [9.17, 15) is 0 Å². The number of imidazole rings is 1. The minimum absolute atomic E-state index is 0.436. The lowest BCUT2D eigenvalue weighted by atomic mass is 10.2. The summed E-state index contributed by atoms with van der Waals surface area (Å²) in [5.74, 6) is 1.59. The Morgan fingerprint density at radius 3 is 2.56 bits per heavy atom. The van der Waals surface area contributed by atoms with Crippen molar-refractivity contribution in [2.45, 2.75) is 53.1 Å². The van der Waals surface area contributed by atoms with Crippen LogP contribution in [-0.4, -0.2) is 15.4 Å². The van der Waals surface area contributed by atoms with Gasteiger partial charge < -0.3 is 9.72 Å². The van der Waals surface area contributed by atoms with Crippen LogP contribution in [0.3, 0.4) is 0 Å². The molecule has 0 fully saturated rings. The summed E-state index contributed by atoms with van der Waals surface area (Å²) in [5.41, 5.74) is 3.63. The number of fused-ring (bicyclic) bond motifs is 1. The fourth-order valence-electron chi connectivity index (χ4n) is 2.21. The Morgan fingerprint density at radius 1 is 1.22 bits per heavy atom. The molecule has 0 aliphatic carbocycles. The quantitative estimate of drug-likeness (QED) is 0.896. The molecule has 0 spiro atoms.